The summed E-state index contributed by atoms with van der Waals surface area (Å²) in [6.07, 6.45) is 3.76. The number of carbonyl (C=O) groups is 1. The molecule has 0 aliphatic heterocycles. The van der Waals surface area contributed by atoms with Crippen molar-refractivity contribution in [1.29, 1.82) is 0 Å². The molecule has 1 atom stereocenters. The summed E-state index contributed by atoms with van der Waals surface area (Å²) in [4.78, 5) is 18.4. The third-order valence-corrected chi connectivity index (χ3v) is 2.64. The van der Waals surface area contributed by atoms with Crippen LogP contribution in [0.2, 0.25) is 0 Å². The number of carbonyl (C=O) groups excluding carboxylic acids is 1. The fourth-order valence-corrected chi connectivity index (χ4v) is 1.68. The summed E-state index contributed by atoms with van der Waals surface area (Å²) in [6, 6.07) is 8.95. The molecule has 2 aromatic rings. The first-order valence-electron chi connectivity index (χ1n) is 5.52. The van der Waals surface area contributed by atoms with Crippen molar-refractivity contribution in [2.45, 2.75) is 6.04 Å². The molecule has 1 heterocycles. The van der Waals surface area contributed by atoms with Crippen LogP contribution in [0.3, 0.4) is 0 Å². The summed E-state index contributed by atoms with van der Waals surface area (Å²) in [5, 5.41) is 11.7. The SMILES string of the molecule is O=CNC(CO)c1ccc(-c2ccncn2)cc1. The summed E-state index contributed by atoms with van der Waals surface area (Å²) in [7, 11) is 0. The molecule has 1 aromatic carbocycles. The summed E-state index contributed by atoms with van der Waals surface area (Å²) in [5.74, 6) is 0. The summed E-state index contributed by atoms with van der Waals surface area (Å²) in [5.41, 5.74) is 2.65. The van der Waals surface area contributed by atoms with Crippen molar-refractivity contribution in [2.24, 2.45) is 0 Å². The topological polar surface area (TPSA) is 75.1 Å². The van der Waals surface area contributed by atoms with Gasteiger partial charge in [0.1, 0.15) is 6.33 Å². The number of hydrogen-bond acceptors (Lipinski definition) is 4. The molecule has 1 amide bonds. The lowest BCUT2D eigenvalue weighted by Gasteiger charge is -2.13. The molecule has 5 heteroatoms. The van der Waals surface area contributed by atoms with Gasteiger partial charge in [-0.1, -0.05) is 24.3 Å². The van der Waals surface area contributed by atoms with Crippen LogP contribution in [0.5, 0.6) is 0 Å². The van der Waals surface area contributed by atoms with Gasteiger partial charge >= 0.3 is 0 Å². The molecule has 0 aliphatic rings. The van der Waals surface area contributed by atoms with Crippen LogP contribution in [0.4, 0.5) is 0 Å². The van der Waals surface area contributed by atoms with E-state index in [0.717, 1.165) is 16.8 Å². The van der Waals surface area contributed by atoms with E-state index in [4.69, 9.17) is 5.11 Å². The Hall–Kier alpha value is -2.27. The summed E-state index contributed by atoms with van der Waals surface area (Å²) in [6.45, 7) is -0.133. The van der Waals surface area contributed by atoms with E-state index in [9.17, 15) is 4.79 Å². The average molecular weight is 243 g/mol. The van der Waals surface area contributed by atoms with Crippen molar-refractivity contribution in [1.82, 2.24) is 15.3 Å². The van der Waals surface area contributed by atoms with Crippen LogP contribution in [0.15, 0.2) is 42.9 Å². The maximum Gasteiger partial charge on any atom is 0.207 e. The first kappa shape index (κ1) is 12.2. The number of rotatable bonds is 5. The van der Waals surface area contributed by atoms with Crippen LogP contribution in [-0.4, -0.2) is 28.1 Å². The van der Waals surface area contributed by atoms with Crippen LogP contribution < -0.4 is 5.32 Å². The highest BCUT2D eigenvalue weighted by atomic mass is 16.3. The Kier molecular flexibility index (Phi) is 3.98. The third kappa shape index (κ3) is 2.70. The van der Waals surface area contributed by atoms with Crippen LogP contribution in [0.1, 0.15) is 11.6 Å². The number of aliphatic hydroxyl groups is 1. The van der Waals surface area contributed by atoms with Gasteiger partial charge in [0, 0.05) is 11.8 Å². The molecular weight excluding hydrogens is 230 g/mol. The van der Waals surface area contributed by atoms with Crippen molar-refractivity contribution in [2.75, 3.05) is 6.61 Å². The van der Waals surface area contributed by atoms with Crippen molar-refractivity contribution in [3.63, 3.8) is 0 Å². The molecule has 0 aliphatic carbocycles. The maximum absolute atomic E-state index is 10.4. The van der Waals surface area contributed by atoms with Gasteiger partial charge in [-0.25, -0.2) is 9.97 Å². The van der Waals surface area contributed by atoms with Crippen LogP contribution >= 0.6 is 0 Å². The van der Waals surface area contributed by atoms with Crippen molar-refractivity contribution >= 4 is 6.41 Å². The minimum Gasteiger partial charge on any atom is -0.394 e. The maximum atomic E-state index is 10.4. The van der Waals surface area contributed by atoms with Gasteiger partial charge in [-0.05, 0) is 11.6 Å². The molecule has 1 unspecified atom stereocenters. The lowest BCUT2D eigenvalue weighted by Crippen LogP contribution is -2.22. The number of hydrogen-bond donors (Lipinski definition) is 2. The van der Waals surface area contributed by atoms with Gasteiger partial charge in [0.2, 0.25) is 6.41 Å². The Morgan fingerprint density at radius 1 is 1.28 bits per heavy atom. The van der Waals surface area contributed by atoms with Gasteiger partial charge in [-0.2, -0.15) is 0 Å². The first-order chi connectivity index (χ1) is 8.85. The molecular formula is C13H13N3O2. The van der Waals surface area contributed by atoms with E-state index >= 15 is 0 Å². The second-order valence-corrected chi connectivity index (χ2v) is 3.74. The fraction of sp³-hybridized carbons (Fsp3) is 0.154. The van der Waals surface area contributed by atoms with E-state index in [-0.39, 0.29) is 12.6 Å². The first-order valence-corrected chi connectivity index (χ1v) is 5.52. The number of amides is 1. The molecule has 0 fully saturated rings. The highest BCUT2D eigenvalue weighted by Crippen LogP contribution is 2.19. The van der Waals surface area contributed by atoms with Gasteiger partial charge in [-0.3, -0.25) is 4.79 Å². The van der Waals surface area contributed by atoms with E-state index < -0.39 is 0 Å². The van der Waals surface area contributed by atoms with Crippen molar-refractivity contribution in [3.05, 3.63) is 48.4 Å². The summed E-state index contributed by atoms with van der Waals surface area (Å²) < 4.78 is 0. The lowest BCUT2D eigenvalue weighted by molar-refractivity contribution is -0.110. The van der Waals surface area contributed by atoms with Gasteiger partial charge < -0.3 is 10.4 Å². The van der Waals surface area contributed by atoms with E-state index in [2.05, 4.69) is 15.3 Å². The molecule has 0 spiro atoms. The summed E-state index contributed by atoms with van der Waals surface area (Å²) >= 11 is 0. The molecule has 92 valence electrons. The molecule has 18 heavy (non-hydrogen) atoms. The minimum absolute atomic E-state index is 0.133. The van der Waals surface area contributed by atoms with Crippen LogP contribution in [-0.2, 0) is 4.79 Å². The predicted octanol–water partition coefficient (Wildman–Crippen LogP) is 0.923. The quantitative estimate of drug-likeness (QED) is 0.766. The monoisotopic (exact) mass is 243 g/mol. The number of nitrogens with one attached hydrogen (secondary N) is 1. The normalized spacial score (nSPS) is 11.8. The molecule has 0 radical (unpaired) electrons. The number of benzene rings is 1. The number of aliphatic hydroxyl groups excluding tert-OH is 1. The van der Waals surface area contributed by atoms with Gasteiger partial charge in [0.05, 0.1) is 18.3 Å². The van der Waals surface area contributed by atoms with Crippen LogP contribution in [0.25, 0.3) is 11.3 Å². The molecule has 2 N–H and O–H groups in total. The van der Waals surface area contributed by atoms with Gasteiger partial charge in [-0.15, -0.1) is 0 Å². The minimum atomic E-state index is -0.373. The standard InChI is InChI=1S/C13H13N3O2/c17-7-13(16-9-18)11-3-1-10(2-4-11)12-5-6-14-8-15-12/h1-6,8-9,13,17H,7H2,(H,16,18). The van der Waals surface area contributed by atoms with Crippen molar-refractivity contribution < 1.29 is 9.90 Å². The zero-order valence-electron chi connectivity index (χ0n) is 9.65. The average Bonchev–Trinajstić information content (AvgIpc) is 2.46. The van der Waals surface area contributed by atoms with E-state index in [1.165, 1.54) is 6.33 Å². The Morgan fingerprint density at radius 2 is 2.06 bits per heavy atom. The second-order valence-electron chi connectivity index (χ2n) is 3.74. The second kappa shape index (κ2) is 5.88. The van der Waals surface area contributed by atoms with Crippen molar-refractivity contribution in [3.8, 4) is 11.3 Å². The van der Waals surface area contributed by atoms with Gasteiger partial charge in [0.15, 0.2) is 0 Å². The molecule has 0 saturated carbocycles. The molecule has 0 saturated heterocycles. The third-order valence-electron chi connectivity index (χ3n) is 2.64. The van der Waals surface area contributed by atoms with E-state index in [1.807, 2.05) is 30.3 Å². The highest BCUT2D eigenvalue weighted by molar-refractivity contribution is 5.59. The number of aromatic nitrogens is 2. The fourth-order valence-electron chi connectivity index (χ4n) is 1.68. The Morgan fingerprint density at radius 3 is 2.61 bits per heavy atom. The Bertz CT molecular complexity index is 499. The lowest BCUT2D eigenvalue weighted by atomic mass is 10.0. The molecule has 5 nitrogen and oxygen atoms in total. The highest BCUT2D eigenvalue weighted by Gasteiger charge is 2.08. The predicted molar refractivity (Wildman–Crippen MR) is 66.5 cm³/mol. The molecule has 1 aromatic heterocycles. The largest absolute Gasteiger partial charge is 0.394 e. The van der Waals surface area contributed by atoms with Crippen LogP contribution in [0, 0.1) is 0 Å². The zero-order chi connectivity index (χ0) is 12.8. The van der Waals surface area contributed by atoms with E-state index in [0.29, 0.717) is 6.41 Å². The Labute approximate surface area is 105 Å². The zero-order valence-corrected chi connectivity index (χ0v) is 9.65. The van der Waals surface area contributed by atoms with E-state index in [1.54, 1.807) is 6.20 Å². The number of nitrogens with zero attached hydrogens (tertiary/aromatic N) is 2. The smallest absolute Gasteiger partial charge is 0.207 e. The van der Waals surface area contributed by atoms with Gasteiger partial charge in [0.25, 0.3) is 0 Å². The Balaban J connectivity index is 2.22. The molecule has 2 rings (SSSR count). The molecule has 0 bridgehead atoms.